The van der Waals surface area contributed by atoms with E-state index in [0.717, 1.165) is 16.8 Å². The van der Waals surface area contributed by atoms with Gasteiger partial charge in [0.2, 0.25) is 5.91 Å². The topological polar surface area (TPSA) is 79.8 Å². The van der Waals surface area contributed by atoms with Crippen LogP contribution in [0.2, 0.25) is 0 Å². The zero-order valence-electron chi connectivity index (χ0n) is 14.1. The molecule has 2 aromatic rings. The smallest absolute Gasteiger partial charge is 0.273 e. The molecule has 0 radical (unpaired) electrons. The number of amides is 1. The monoisotopic (exact) mass is 304 g/mol. The number of carbonyl (C=O) groups excluding carboxylic acids is 1. The van der Waals surface area contributed by atoms with Gasteiger partial charge >= 0.3 is 0 Å². The van der Waals surface area contributed by atoms with Crippen LogP contribution in [0.5, 0.6) is 0 Å². The molecule has 0 saturated heterocycles. The number of rotatable bonds is 3. The van der Waals surface area contributed by atoms with Crippen molar-refractivity contribution in [2.24, 2.45) is 12.5 Å². The first-order valence-electron chi connectivity index (χ1n) is 7.41. The van der Waals surface area contributed by atoms with Crippen molar-refractivity contribution < 1.29 is 4.79 Å². The number of pyridine rings is 1. The van der Waals surface area contributed by atoms with E-state index in [0.29, 0.717) is 17.6 Å². The zero-order valence-corrected chi connectivity index (χ0v) is 14.1. The second kappa shape index (κ2) is 5.59. The Morgan fingerprint density at radius 2 is 1.95 bits per heavy atom. The maximum absolute atomic E-state index is 12.2. The number of nitrogens with one attached hydrogen (secondary N) is 2. The van der Waals surface area contributed by atoms with Gasteiger partial charge in [-0.15, -0.1) is 0 Å². The summed E-state index contributed by atoms with van der Waals surface area (Å²) in [6.07, 6.45) is 0.241. The molecule has 0 atom stereocenters. The molecule has 0 aromatic carbocycles. The van der Waals surface area contributed by atoms with Crippen LogP contribution in [0.15, 0.2) is 4.79 Å². The maximum atomic E-state index is 12.2. The molecule has 0 saturated carbocycles. The van der Waals surface area contributed by atoms with Crippen molar-refractivity contribution in [3.8, 4) is 0 Å². The van der Waals surface area contributed by atoms with Crippen molar-refractivity contribution in [3.05, 3.63) is 27.2 Å². The number of aromatic nitrogens is 3. The van der Waals surface area contributed by atoms with Crippen LogP contribution in [0.4, 0.5) is 0 Å². The highest BCUT2D eigenvalue weighted by molar-refractivity contribution is 5.84. The number of fused-ring (bicyclic) bond motifs is 1. The molecule has 0 bridgehead atoms. The fourth-order valence-corrected chi connectivity index (χ4v) is 2.50. The quantitative estimate of drug-likeness (QED) is 0.903. The summed E-state index contributed by atoms with van der Waals surface area (Å²) in [5.41, 5.74) is 2.94. The van der Waals surface area contributed by atoms with E-state index in [4.69, 9.17) is 0 Å². The van der Waals surface area contributed by atoms with Crippen LogP contribution >= 0.6 is 0 Å². The van der Waals surface area contributed by atoms with Gasteiger partial charge < -0.3 is 5.32 Å². The van der Waals surface area contributed by atoms with E-state index < -0.39 is 0 Å². The van der Waals surface area contributed by atoms with Crippen LogP contribution < -0.4 is 10.9 Å². The lowest BCUT2D eigenvalue weighted by Gasteiger charge is -2.19. The van der Waals surface area contributed by atoms with Gasteiger partial charge in [-0.3, -0.25) is 19.4 Å². The van der Waals surface area contributed by atoms with Gasteiger partial charge in [0.05, 0.1) is 11.8 Å². The first-order valence-corrected chi connectivity index (χ1v) is 7.41. The highest BCUT2D eigenvalue weighted by Crippen LogP contribution is 2.20. The molecule has 0 unspecified atom stereocenters. The van der Waals surface area contributed by atoms with Gasteiger partial charge in [-0.25, -0.2) is 4.98 Å². The molecule has 22 heavy (non-hydrogen) atoms. The minimum atomic E-state index is -0.168. The summed E-state index contributed by atoms with van der Waals surface area (Å²) < 4.78 is 1.61. The predicted molar refractivity (Wildman–Crippen MR) is 87.0 cm³/mol. The van der Waals surface area contributed by atoms with Crippen LogP contribution in [0.3, 0.4) is 0 Å². The number of carbonyl (C=O) groups is 1. The van der Waals surface area contributed by atoms with Crippen molar-refractivity contribution in [2.75, 3.05) is 6.54 Å². The second-order valence-electron chi connectivity index (χ2n) is 7.01. The van der Waals surface area contributed by atoms with Gasteiger partial charge in [0.15, 0.2) is 5.65 Å². The number of hydrogen-bond acceptors (Lipinski definition) is 3. The normalized spacial score (nSPS) is 11.9. The molecule has 120 valence electrons. The van der Waals surface area contributed by atoms with E-state index in [2.05, 4.69) is 36.2 Å². The van der Waals surface area contributed by atoms with E-state index in [1.165, 1.54) is 0 Å². The Kier molecular flexibility index (Phi) is 4.13. The predicted octanol–water partition coefficient (Wildman–Crippen LogP) is 1.58. The van der Waals surface area contributed by atoms with Gasteiger partial charge in [0, 0.05) is 19.3 Å². The lowest BCUT2D eigenvalue weighted by Crippen LogP contribution is -2.33. The molecule has 0 fully saturated rings. The summed E-state index contributed by atoms with van der Waals surface area (Å²) in [5.74, 6) is -0.0466. The number of H-pyrrole nitrogens is 1. The molecule has 1 amide bonds. The average Bonchev–Trinajstić information content (AvgIpc) is 2.66. The van der Waals surface area contributed by atoms with E-state index in [-0.39, 0.29) is 23.3 Å². The first-order chi connectivity index (χ1) is 10.1. The van der Waals surface area contributed by atoms with Crippen LogP contribution in [0, 0.1) is 19.3 Å². The largest absolute Gasteiger partial charge is 0.355 e. The minimum Gasteiger partial charge on any atom is -0.355 e. The van der Waals surface area contributed by atoms with E-state index >= 15 is 0 Å². The Morgan fingerprint density at radius 1 is 1.32 bits per heavy atom. The average molecular weight is 304 g/mol. The fourth-order valence-electron chi connectivity index (χ4n) is 2.50. The number of nitrogens with zero attached hydrogens (tertiary/aromatic N) is 2. The molecule has 2 N–H and O–H groups in total. The summed E-state index contributed by atoms with van der Waals surface area (Å²) in [4.78, 5) is 28.6. The van der Waals surface area contributed by atoms with Gasteiger partial charge in [-0.2, -0.15) is 0 Å². The highest BCUT2D eigenvalue weighted by atomic mass is 16.1. The highest BCUT2D eigenvalue weighted by Gasteiger charge is 2.18. The molecular weight excluding hydrogens is 280 g/mol. The molecule has 2 aromatic heterocycles. The Balaban J connectivity index is 2.34. The van der Waals surface area contributed by atoms with Crippen molar-refractivity contribution in [1.82, 2.24) is 20.1 Å². The van der Waals surface area contributed by atoms with E-state index in [9.17, 15) is 9.59 Å². The summed E-state index contributed by atoms with van der Waals surface area (Å²) in [6.45, 7) is 10.6. The number of aromatic amines is 1. The van der Waals surface area contributed by atoms with Crippen molar-refractivity contribution in [1.29, 1.82) is 0 Å². The fraction of sp³-hybridized carbons (Fsp3) is 0.562. The van der Waals surface area contributed by atoms with Gasteiger partial charge in [0.1, 0.15) is 0 Å². The molecular formula is C16H24N4O2. The molecule has 6 heteroatoms. The van der Waals surface area contributed by atoms with Gasteiger partial charge in [0.25, 0.3) is 5.56 Å². The maximum Gasteiger partial charge on any atom is 0.273 e. The Morgan fingerprint density at radius 3 is 2.55 bits per heavy atom. The van der Waals surface area contributed by atoms with Crippen molar-refractivity contribution in [2.45, 2.75) is 41.0 Å². The summed E-state index contributed by atoms with van der Waals surface area (Å²) in [5, 5.41) is 6.20. The van der Waals surface area contributed by atoms with Crippen LogP contribution in [-0.2, 0) is 18.3 Å². The lowest BCUT2D eigenvalue weighted by molar-refractivity contribution is -0.120. The van der Waals surface area contributed by atoms with Gasteiger partial charge in [-0.1, -0.05) is 20.8 Å². The Labute approximate surface area is 129 Å². The summed E-state index contributed by atoms with van der Waals surface area (Å²) in [6, 6.07) is 0. The summed E-state index contributed by atoms with van der Waals surface area (Å²) in [7, 11) is 1.76. The molecule has 0 aliphatic carbocycles. The van der Waals surface area contributed by atoms with E-state index in [1.807, 2.05) is 13.8 Å². The van der Waals surface area contributed by atoms with E-state index in [1.54, 1.807) is 11.7 Å². The first kappa shape index (κ1) is 16.3. The Hall–Kier alpha value is -2.11. The molecule has 0 spiro atoms. The Bertz CT molecular complexity index is 778. The SMILES string of the molecule is Cc1nc2c(c(C)c1CC(=O)NCC(C)(C)C)c(=O)[nH]n2C. The third kappa shape index (κ3) is 3.21. The van der Waals surface area contributed by atoms with Gasteiger partial charge in [-0.05, 0) is 30.4 Å². The number of aryl methyl sites for hydroxylation is 3. The lowest BCUT2D eigenvalue weighted by atomic mass is 9.96. The van der Waals surface area contributed by atoms with Crippen LogP contribution in [0.1, 0.15) is 37.6 Å². The molecule has 0 aliphatic rings. The van der Waals surface area contributed by atoms with Crippen LogP contribution in [-0.4, -0.2) is 27.2 Å². The third-order valence-electron chi connectivity index (χ3n) is 3.73. The van der Waals surface area contributed by atoms with Crippen LogP contribution in [0.25, 0.3) is 11.0 Å². The summed E-state index contributed by atoms with van der Waals surface area (Å²) >= 11 is 0. The standard InChI is InChI=1S/C16H24N4O2/c1-9-11(7-12(21)17-8-16(3,4)5)10(2)18-14-13(9)15(22)19-20(14)6/h7-8H2,1-6H3,(H,17,21)(H,19,22). The second-order valence-corrected chi connectivity index (χ2v) is 7.01. The molecule has 2 rings (SSSR count). The third-order valence-corrected chi connectivity index (χ3v) is 3.73. The van der Waals surface area contributed by atoms with Crippen molar-refractivity contribution >= 4 is 16.9 Å². The zero-order chi connectivity index (χ0) is 16.7. The minimum absolute atomic E-state index is 0.0402. The number of hydrogen-bond donors (Lipinski definition) is 2. The molecule has 6 nitrogen and oxygen atoms in total. The van der Waals surface area contributed by atoms with Crippen molar-refractivity contribution in [3.63, 3.8) is 0 Å². The molecule has 2 heterocycles. The molecule has 0 aliphatic heterocycles.